The fourth-order valence-electron chi connectivity index (χ4n) is 3.10. The third-order valence-electron chi connectivity index (χ3n) is 3.79. The lowest BCUT2D eigenvalue weighted by molar-refractivity contribution is 0.0499. The third kappa shape index (κ3) is 3.14. The maximum absolute atomic E-state index is 6.12. The number of thioether (sulfide) groups is 1. The first kappa shape index (κ1) is 14.3. The Morgan fingerprint density at radius 3 is 2.38 bits per heavy atom. The van der Waals surface area contributed by atoms with Crippen LogP contribution in [0.1, 0.15) is 46.5 Å². The molecule has 1 heterocycles. The maximum Gasteiger partial charge on any atom is 0.0335 e. The predicted molar refractivity (Wildman–Crippen MR) is 75.1 cm³/mol. The Hall–Kier alpha value is 0.270. The minimum atomic E-state index is 0.282. The highest BCUT2D eigenvalue weighted by atomic mass is 32.2. The van der Waals surface area contributed by atoms with Gasteiger partial charge in [-0.25, -0.2) is 0 Å². The molecule has 0 aromatic rings. The lowest BCUT2D eigenvalue weighted by Crippen LogP contribution is -2.59. The SMILES string of the molecule is CCCC(CN)(CCC)N1CCSCC1C. The zero-order valence-corrected chi connectivity index (χ0v) is 12.0. The molecule has 1 atom stereocenters. The number of hydrogen-bond acceptors (Lipinski definition) is 3. The molecular weight excluding hydrogens is 216 g/mol. The van der Waals surface area contributed by atoms with Crippen LogP contribution in [0, 0.1) is 0 Å². The van der Waals surface area contributed by atoms with Gasteiger partial charge in [0.15, 0.2) is 0 Å². The molecule has 96 valence electrons. The molecule has 1 rings (SSSR count). The highest BCUT2D eigenvalue weighted by molar-refractivity contribution is 7.99. The fraction of sp³-hybridized carbons (Fsp3) is 1.00. The topological polar surface area (TPSA) is 29.3 Å². The Balaban J connectivity index is 2.78. The van der Waals surface area contributed by atoms with Crippen molar-refractivity contribution >= 4 is 11.8 Å². The molecule has 0 radical (unpaired) electrons. The van der Waals surface area contributed by atoms with Crippen LogP contribution in [0.5, 0.6) is 0 Å². The summed E-state index contributed by atoms with van der Waals surface area (Å²) in [5, 5.41) is 0. The van der Waals surface area contributed by atoms with Gasteiger partial charge in [0.2, 0.25) is 0 Å². The Labute approximate surface area is 105 Å². The molecular formula is C13H28N2S. The summed E-state index contributed by atoms with van der Waals surface area (Å²) in [6, 6.07) is 0.695. The number of hydrogen-bond donors (Lipinski definition) is 1. The molecule has 1 aliphatic rings. The summed E-state index contributed by atoms with van der Waals surface area (Å²) in [4.78, 5) is 2.70. The van der Waals surface area contributed by atoms with E-state index in [1.807, 2.05) is 0 Å². The molecule has 2 N–H and O–H groups in total. The molecule has 3 heteroatoms. The van der Waals surface area contributed by atoms with Crippen LogP contribution in [0.4, 0.5) is 0 Å². The second-order valence-corrected chi connectivity index (χ2v) is 6.20. The van der Waals surface area contributed by atoms with E-state index in [0.29, 0.717) is 6.04 Å². The van der Waals surface area contributed by atoms with Crippen LogP contribution in [0.3, 0.4) is 0 Å². The molecule has 0 bridgehead atoms. The van der Waals surface area contributed by atoms with Gasteiger partial charge < -0.3 is 5.73 Å². The molecule has 0 aromatic heterocycles. The predicted octanol–water partition coefficient (Wildman–Crippen LogP) is 2.72. The van der Waals surface area contributed by atoms with Gasteiger partial charge in [0, 0.05) is 36.2 Å². The van der Waals surface area contributed by atoms with Gasteiger partial charge in [0.25, 0.3) is 0 Å². The first-order valence-electron chi connectivity index (χ1n) is 6.74. The van der Waals surface area contributed by atoms with Gasteiger partial charge in [-0.3, -0.25) is 4.90 Å². The maximum atomic E-state index is 6.12. The average molecular weight is 244 g/mol. The van der Waals surface area contributed by atoms with E-state index in [1.54, 1.807) is 0 Å². The minimum absolute atomic E-state index is 0.282. The molecule has 0 saturated carbocycles. The summed E-state index contributed by atoms with van der Waals surface area (Å²) in [6.45, 7) is 8.97. The molecule has 1 unspecified atom stereocenters. The van der Waals surface area contributed by atoms with E-state index < -0.39 is 0 Å². The summed E-state index contributed by atoms with van der Waals surface area (Å²) >= 11 is 2.09. The fourth-order valence-corrected chi connectivity index (χ4v) is 4.11. The van der Waals surface area contributed by atoms with Crippen LogP contribution in [-0.2, 0) is 0 Å². The van der Waals surface area contributed by atoms with E-state index in [0.717, 1.165) is 6.54 Å². The Morgan fingerprint density at radius 1 is 1.31 bits per heavy atom. The second kappa shape index (κ2) is 6.87. The number of nitrogens with two attached hydrogens (primary N) is 1. The average Bonchev–Trinajstić information content (AvgIpc) is 2.29. The van der Waals surface area contributed by atoms with Crippen LogP contribution >= 0.6 is 11.8 Å². The van der Waals surface area contributed by atoms with Crippen molar-refractivity contribution < 1.29 is 0 Å². The lowest BCUT2D eigenvalue weighted by atomic mass is 9.85. The van der Waals surface area contributed by atoms with Crippen molar-refractivity contribution in [1.82, 2.24) is 4.90 Å². The molecule has 16 heavy (non-hydrogen) atoms. The Kier molecular flexibility index (Phi) is 6.16. The minimum Gasteiger partial charge on any atom is -0.329 e. The van der Waals surface area contributed by atoms with Crippen molar-refractivity contribution in [3.63, 3.8) is 0 Å². The first-order valence-corrected chi connectivity index (χ1v) is 7.90. The smallest absolute Gasteiger partial charge is 0.0335 e. The van der Waals surface area contributed by atoms with Gasteiger partial charge in [-0.1, -0.05) is 26.7 Å². The van der Waals surface area contributed by atoms with Gasteiger partial charge in [0.1, 0.15) is 0 Å². The molecule has 0 aliphatic carbocycles. The largest absolute Gasteiger partial charge is 0.329 e. The van der Waals surface area contributed by atoms with Crippen molar-refractivity contribution in [1.29, 1.82) is 0 Å². The number of nitrogens with zero attached hydrogens (tertiary/aromatic N) is 1. The van der Waals surface area contributed by atoms with Gasteiger partial charge in [-0.05, 0) is 19.8 Å². The van der Waals surface area contributed by atoms with E-state index >= 15 is 0 Å². The quantitative estimate of drug-likeness (QED) is 0.779. The van der Waals surface area contributed by atoms with E-state index in [9.17, 15) is 0 Å². The highest BCUT2D eigenvalue weighted by Crippen LogP contribution is 2.31. The molecule has 0 aromatic carbocycles. The van der Waals surface area contributed by atoms with Crippen LogP contribution in [0.25, 0.3) is 0 Å². The zero-order valence-electron chi connectivity index (χ0n) is 11.2. The van der Waals surface area contributed by atoms with Gasteiger partial charge in [-0.15, -0.1) is 0 Å². The summed E-state index contributed by atoms with van der Waals surface area (Å²) in [5.74, 6) is 2.55. The van der Waals surface area contributed by atoms with Crippen LogP contribution in [0.2, 0.25) is 0 Å². The van der Waals surface area contributed by atoms with Crippen LogP contribution < -0.4 is 5.73 Å². The van der Waals surface area contributed by atoms with Crippen LogP contribution in [-0.4, -0.2) is 41.1 Å². The van der Waals surface area contributed by atoms with E-state index in [1.165, 1.54) is 43.7 Å². The normalized spacial score (nSPS) is 23.6. The Morgan fingerprint density at radius 2 is 1.94 bits per heavy atom. The monoisotopic (exact) mass is 244 g/mol. The lowest BCUT2D eigenvalue weighted by Gasteiger charge is -2.49. The van der Waals surface area contributed by atoms with Crippen LogP contribution in [0.15, 0.2) is 0 Å². The van der Waals surface area contributed by atoms with E-state index in [2.05, 4.69) is 37.4 Å². The first-order chi connectivity index (χ1) is 7.70. The van der Waals surface area contributed by atoms with Crippen molar-refractivity contribution in [2.24, 2.45) is 5.73 Å². The third-order valence-corrected chi connectivity index (χ3v) is 4.98. The van der Waals surface area contributed by atoms with Crippen molar-refractivity contribution in [2.45, 2.75) is 58.0 Å². The zero-order chi connectivity index (χ0) is 12.0. The van der Waals surface area contributed by atoms with E-state index in [-0.39, 0.29) is 5.54 Å². The van der Waals surface area contributed by atoms with Gasteiger partial charge in [0.05, 0.1) is 0 Å². The summed E-state index contributed by atoms with van der Waals surface area (Å²) in [7, 11) is 0. The van der Waals surface area contributed by atoms with Crippen molar-refractivity contribution in [3.8, 4) is 0 Å². The molecule has 1 fully saturated rings. The molecule has 0 amide bonds. The Bertz CT molecular complexity index is 190. The molecule has 0 spiro atoms. The summed E-state index contributed by atoms with van der Waals surface area (Å²) in [6.07, 6.45) is 5.00. The number of rotatable bonds is 6. The highest BCUT2D eigenvalue weighted by Gasteiger charge is 2.37. The second-order valence-electron chi connectivity index (χ2n) is 5.05. The molecule has 2 nitrogen and oxygen atoms in total. The van der Waals surface area contributed by atoms with E-state index in [4.69, 9.17) is 5.73 Å². The summed E-state index contributed by atoms with van der Waals surface area (Å²) < 4.78 is 0. The van der Waals surface area contributed by atoms with Crippen molar-refractivity contribution in [2.75, 3.05) is 24.6 Å². The standard InChI is InChI=1S/C13H28N2S/c1-4-6-13(11-14,7-5-2)15-8-9-16-10-12(15)3/h12H,4-11,14H2,1-3H3. The molecule has 1 saturated heterocycles. The van der Waals surface area contributed by atoms with Gasteiger partial charge in [-0.2, -0.15) is 11.8 Å². The molecule has 1 aliphatic heterocycles. The summed E-state index contributed by atoms with van der Waals surface area (Å²) in [5.41, 5.74) is 6.41. The van der Waals surface area contributed by atoms with Crippen molar-refractivity contribution in [3.05, 3.63) is 0 Å². The van der Waals surface area contributed by atoms with Gasteiger partial charge >= 0.3 is 0 Å².